The number of nitrogens with zero attached hydrogens (tertiary/aromatic N) is 2. The van der Waals surface area contributed by atoms with Gasteiger partial charge in [0.2, 0.25) is 6.04 Å². The fourth-order valence-electron chi connectivity index (χ4n) is 4.58. The Hall–Kier alpha value is -2.60. The van der Waals surface area contributed by atoms with Crippen LogP contribution in [0.5, 0.6) is 11.5 Å². The van der Waals surface area contributed by atoms with E-state index in [9.17, 15) is 10.1 Å². The Balaban J connectivity index is 1.55. The summed E-state index contributed by atoms with van der Waals surface area (Å²) in [6, 6.07) is 15.3. The van der Waals surface area contributed by atoms with Gasteiger partial charge in [-0.3, -0.25) is 15.0 Å². The second kappa shape index (κ2) is 8.82. The molecule has 6 heteroatoms. The van der Waals surface area contributed by atoms with Crippen LogP contribution < -0.4 is 9.47 Å². The zero-order chi connectivity index (χ0) is 20.2. The molecule has 2 aromatic carbocycles. The van der Waals surface area contributed by atoms with Crippen molar-refractivity contribution < 1.29 is 14.4 Å². The Morgan fingerprint density at radius 1 is 1.07 bits per heavy atom. The van der Waals surface area contributed by atoms with E-state index in [2.05, 4.69) is 17.0 Å². The molecule has 1 aliphatic heterocycles. The molecular formula is C23H28N2O4. The molecule has 0 spiro atoms. The first-order valence-electron chi connectivity index (χ1n) is 10.4. The lowest BCUT2D eigenvalue weighted by Gasteiger charge is -2.19. The van der Waals surface area contributed by atoms with Crippen LogP contribution in [0.15, 0.2) is 48.5 Å². The first-order chi connectivity index (χ1) is 14.1. The van der Waals surface area contributed by atoms with E-state index in [4.69, 9.17) is 9.47 Å². The highest BCUT2D eigenvalue weighted by Crippen LogP contribution is 2.37. The van der Waals surface area contributed by atoms with E-state index in [1.165, 1.54) is 18.4 Å². The molecule has 0 N–H and O–H groups in total. The molecule has 0 bridgehead atoms. The highest BCUT2D eigenvalue weighted by atomic mass is 16.6. The smallest absolute Gasteiger partial charge is 0.233 e. The number of benzene rings is 2. The minimum atomic E-state index is -0.619. The van der Waals surface area contributed by atoms with Gasteiger partial charge in [-0.05, 0) is 48.9 Å². The van der Waals surface area contributed by atoms with Crippen molar-refractivity contribution in [1.29, 1.82) is 0 Å². The average molecular weight is 396 g/mol. The quantitative estimate of drug-likeness (QED) is 0.517. The van der Waals surface area contributed by atoms with Crippen LogP contribution in [0.2, 0.25) is 0 Å². The lowest BCUT2D eigenvalue weighted by atomic mass is 9.94. The molecule has 4 rings (SSSR count). The maximum atomic E-state index is 11.8. The van der Waals surface area contributed by atoms with Gasteiger partial charge in [-0.15, -0.1) is 0 Å². The largest absolute Gasteiger partial charge is 0.493 e. The maximum absolute atomic E-state index is 11.8. The van der Waals surface area contributed by atoms with Crippen LogP contribution in [0, 0.1) is 10.1 Å². The number of hydrogen-bond acceptors (Lipinski definition) is 5. The van der Waals surface area contributed by atoms with E-state index in [0.29, 0.717) is 24.6 Å². The SMILES string of the molecule is COc1ccc([C@@H]2CN(Cc3ccccc3)C[C@H]2[N+](=O)[O-])cc1OC1CCCC1. The summed E-state index contributed by atoms with van der Waals surface area (Å²) in [5, 5.41) is 11.8. The number of rotatable bonds is 7. The maximum Gasteiger partial charge on any atom is 0.233 e. The van der Waals surface area contributed by atoms with Crippen molar-refractivity contribution in [3.63, 3.8) is 0 Å². The molecule has 1 aliphatic carbocycles. The zero-order valence-corrected chi connectivity index (χ0v) is 16.8. The third kappa shape index (κ3) is 4.53. The molecule has 154 valence electrons. The molecule has 0 aromatic heterocycles. The Morgan fingerprint density at radius 3 is 2.52 bits per heavy atom. The van der Waals surface area contributed by atoms with Crippen molar-refractivity contribution in [2.24, 2.45) is 0 Å². The van der Waals surface area contributed by atoms with Crippen molar-refractivity contribution in [3.05, 3.63) is 69.8 Å². The predicted octanol–water partition coefficient (Wildman–Crippen LogP) is 4.26. The van der Waals surface area contributed by atoms with Gasteiger partial charge >= 0.3 is 0 Å². The van der Waals surface area contributed by atoms with Crippen LogP contribution in [-0.4, -0.2) is 42.2 Å². The summed E-state index contributed by atoms with van der Waals surface area (Å²) in [4.78, 5) is 13.8. The highest BCUT2D eigenvalue weighted by Gasteiger charge is 2.42. The van der Waals surface area contributed by atoms with E-state index >= 15 is 0 Å². The lowest BCUT2D eigenvalue weighted by molar-refractivity contribution is -0.521. The lowest BCUT2D eigenvalue weighted by Crippen LogP contribution is -2.28. The first-order valence-corrected chi connectivity index (χ1v) is 10.4. The van der Waals surface area contributed by atoms with Gasteiger partial charge in [0.15, 0.2) is 11.5 Å². The zero-order valence-electron chi connectivity index (χ0n) is 16.8. The second-order valence-corrected chi connectivity index (χ2v) is 8.07. The number of likely N-dealkylation sites (tertiary alicyclic amines) is 1. The number of methoxy groups -OCH3 is 1. The van der Waals surface area contributed by atoms with Crippen molar-refractivity contribution in [3.8, 4) is 11.5 Å². The average Bonchev–Trinajstić information content (AvgIpc) is 3.39. The molecule has 6 nitrogen and oxygen atoms in total. The van der Waals surface area contributed by atoms with E-state index in [0.717, 1.165) is 24.9 Å². The van der Waals surface area contributed by atoms with Gasteiger partial charge in [0.05, 0.1) is 25.7 Å². The van der Waals surface area contributed by atoms with Gasteiger partial charge in [0.1, 0.15) is 0 Å². The third-order valence-electron chi connectivity index (χ3n) is 6.10. The van der Waals surface area contributed by atoms with Crippen LogP contribution >= 0.6 is 0 Å². The first kappa shape index (κ1) is 19.7. The summed E-state index contributed by atoms with van der Waals surface area (Å²) in [5.74, 6) is 1.24. The molecule has 0 unspecified atom stereocenters. The fraction of sp³-hybridized carbons (Fsp3) is 0.478. The van der Waals surface area contributed by atoms with Gasteiger partial charge < -0.3 is 9.47 Å². The van der Waals surface area contributed by atoms with Crippen LogP contribution in [0.4, 0.5) is 0 Å². The minimum Gasteiger partial charge on any atom is -0.493 e. The molecule has 0 amide bonds. The fourth-order valence-corrected chi connectivity index (χ4v) is 4.58. The van der Waals surface area contributed by atoms with Crippen LogP contribution in [0.1, 0.15) is 42.7 Å². The van der Waals surface area contributed by atoms with Crippen molar-refractivity contribution in [2.45, 2.75) is 50.3 Å². The van der Waals surface area contributed by atoms with E-state index in [1.807, 2.05) is 36.4 Å². The summed E-state index contributed by atoms with van der Waals surface area (Å²) < 4.78 is 11.7. The number of hydrogen-bond donors (Lipinski definition) is 0. The standard InChI is InChI=1S/C23H28N2O4/c1-28-22-12-11-18(13-23(22)29-19-9-5-6-10-19)20-15-24(16-21(20)25(26)27)14-17-7-3-2-4-8-17/h2-4,7-8,11-13,19-21H,5-6,9-10,14-16H2,1H3/t20-,21+/m0/s1. The van der Waals surface area contributed by atoms with Gasteiger partial charge in [-0.25, -0.2) is 0 Å². The monoisotopic (exact) mass is 396 g/mol. The highest BCUT2D eigenvalue weighted by molar-refractivity contribution is 5.45. The molecule has 1 saturated heterocycles. The van der Waals surface area contributed by atoms with E-state index < -0.39 is 6.04 Å². The Kier molecular flexibility index (Phi) is 6.00. The molecular weight excluding hydrogens is 368 g/mol. The third-order valence-corrected chi connectivity index (χ3v) is 6.10. The molecule has 2 aromatic rings. The Labute approximate surface area is 171 Å². The minimum absolute atomic E-state index is 0.128. The van der Waals surface area contributed by atoms with Gasteiger partial charge in [-0.1, -0.05) is 36.4 Å². The van der Waals surface area contributed by atoms with Crippen molar-refractivity contribution in [2.75, 3.05) is 20.2 Å². The van der Waals surface area contributed by atoms with E-state index in [-0.39, 0.29) is 16.9 Å². The normalized spacial score (nSPS) is 22.7. The molecule has 1 heterocycles. The summed E-state index contributed by atoms with van der Waals surface area (Å²) >= 11 is 0. The summed E-state index contributed by atoms with van der Waals surface area (Å²) in [6.45, 7) is 1.84. The molecule has 2 atom stereocenters. The topological polar surface area (TPSA) is 64.8 Å². The molecule has 2 aliphatic rings. The van der Waals surface area contributed by atoms with E-state index in [1.54, 1.807) is 7.11 Å². The van der Waals surface area contributed by atoms with Gasteiger partial charge in [-0.2, -0.15) is 0 Å². The van der Waals surface area contributed by atoms with Crippen LogP contribution in [0.25, 0.3) is 0 Å². The van der Waals surface area contributed by atoms with Gasteiger partial charge in [0, 0.05) is 18.0 Å². The molecule has 29 heavy (non-hydrogen) atoms. The van der Waals surface area contributed by atoms with Crippen molar-refractivity contribution >= 4 is 0 Å². The molecule has 1 saturated carbocycles. The molecule has 0 radical (unpaired) electrons. The number of ether oxygens (including phenoxy) is 2. The predicted molar refractivity (Wildman–Crippen MR) is 111 cm³/mol. The van der Waals surface area contributed by atoms with Gasteiger partial charge in [0.25, 0.3) is 0 Å². The second-order valence-electron chi connectivity index (χ2n) is 8.07. The van der Waals surface area contributed by atoms with Crippen LogP contribution in [-0.2, 0) is 6.54 Å². The summed E-state index contributed by atoms with van der Waals surface area (Å²) in [7, 11) is 1.63. The molecule has 2 fully saturated rings. The number of nitro groups is 1. The summed E-state index contributed by atoms with van der Waals surface area (Å²) in [6.07, 6.45) is 4.70. The summed E-state index contributed by atoms with van der Waals surface area (Å²) in [5.41, 5.74) is 2.13. The Bertz CT molecular complexity index is 836. The van der Waals surface area contributed by atoms with Crippen molar-refractivity contribution in [1.82, 2.24) is 4.90 Å². The van der Waals surface area contributed by atoms with Crippen LogP contribution in [0.3, 0.4) is 0 Å². The Morgan fingerprint density at radius 2 is 1.83 bits per heavy atom.